The minimum atomic E-state index is 0.306. The number of rotatable bonds is 7. The summed E-state index contributed by atoms with van der Waals surface area (Å²) in [6.07, 6.45) is 5.03. The Balaban J connectivity index is 2.44. The maximum absolute atomic E-state index is 4.37. The summed E-state index contributed by atoms with van der Waals surface area (Å²) in [5.41, 5.74) is 0.306. The second-order valence-electron chi connectivity index (χ2n) is 6.46. The van der Waals surface area contributed by atoms with Crippen LogP contribution < -0.4 is 5.32 Å². The van der Waals surface area contributed by atoms with Gasteiger partial charge in [0.2, 0.25) is 0 Å². The molecule has 0 aliphatic heterocycles. The summed E-state index contributed by atoms with van der Waals surface area (Å²) in [6, 6.07) is 0.557. The number of hydrogen-bond donors (Lipinski definition) is 1. The average Bonchev–Trinajstić information content (AvgIpc) is 2.69. The summed E-state index contributed by atoms with van der Waals surface area (Å²) >= 11 is 0. The second kappa shape index (κ2) is 7.06. The molecule has 0 spiro atoms. The van der Waals surface area contributed by atoms with E-state index >= 15 is 0 Å². The fourth-order valence-electron chi connectivity index (χ4n) is 2.31. The van der Waals surface area contributed by atoms with Crippen LogP contribution in [0.5, 0.6) is 0 Å². The summed E-state index contributed by atoms with van der Waals surface area (Å²) in [5, 5.41) is 3.60. The molecule has 0 saturated heterocycles. The number of aromatic nitrogens is 2. The van der Waals surface area contributed by atoms with Crippen LogP contribution >= 0.6 is 0 Å². The molecule has 0 bridgehead atoms. The average molecular weight is 266 g/mol. The van der Waals surface area contributed by atoms with E-state index in [-0.39, 0.29) is 0 Å². The highest BCUT2D eigenvalue weighted by atomic mass is 15.2. The van der Waals surface area contributed by atoms with Crippen molar-refractivity contribution in [1.82, 2.24) is 19.8 Å². The predicted octanol–water partition coefficient (Wildman–Crippen LogP) is 2.27. The number of hydrogen-bond acceptors (Lipinski definition) is 3. The van der Waals surface area contributed by atoms with Gasteiger partial charge in [0, 0.05) is 25.5 Å². The fraction of sp³-hybridized carbons (Fsp3) is 0.800. The van der Waals surface area contributed by atoms with E-state index in [1.165, 1.54) is 0 Å². The van der Waals surface area contributed by atoms with Crippen LogP contribution in [-0.2, 0) is 13.6 Å². The smallest absolute Gasteiger partial charge is 0.122 e. The Labute approximate surface area is 118 Å². The topological polar surface area (TPSA) is 33.1 Å². The van der Waals surface area contributed by atoms with E-state index in [4.69, 9.17) is 0 Å². The molecule has 110 valence electrons. The normalized spacial score (nSPS) is 14.1. The van der Waals surface area contributed by atoms with Gasteiger partial charge in [-0.05, 0) is 32.0 Å². The van der Waals surface area contributed by atoms with Crippen LogP contribution in [0.2, 0.25) is 0 Å². The molecule has 1 aromatic heterocycles. The molecule has 1 heterocycles. The second-order valence-corrected chi connectivity index (χ2v) is 6.46. The van der Waals surface area contributed by atoms with Crippen LogP contribution in [-0.4, -0.2) is 40.6 Å². The van der Waals surface area contributed by atoms with E-state index in [2.05, 4.69) is 54.5 Å². The third-order valence-corrected chi connectivity index (χ3v) is 3.63. The Morgan fingerprint density at radius 3 is 2.58 bits per heavy atom. The van der Waals surface area contributed by atoms with Gasteiger partial charge in [-0.2, -0.15) is 0 Å². The van der Waals surface area contributed by atoms with E-state index in [1.807, 2.05) is 19.4 Å². The minimum Gasteiger partial charge on any atom is -0.337 e. The van der Waals surface area contributed by atoms with Gasteiger partial charge in [0.05, 0.1) is 6.54 Å². The lowest BCUT2D eigenvalue weighted by Gasteiger charge is -2.32. The van der Waals surface area contributed by atoms with Gasteiger partial charge in [0.25, 0.3) is 0 Å². The first-order valence-corrected chi connectivity index (χ1v) is 7.22. The highest BCUT2D eigenvalue weighted by Crippen LogP contribution is 2.22. The Hall–Kier alpha value is -0.870. The first kappa shape index (κ1) is 16.2. The first-order chi connectivity index (χ1) is 8.84. The zero-order chi connectivity index (χ0) is 14.5. The standard InChI is InChI=1S/C15H30N4/c1-7-16-13(15(2,3)4)8-10-18(5)12-14-17-9-11-19(14)6/h9,11,13,16H,7-8,10,12H2,1-6H3. The van der Waals surface area contributed by atoms with Crippen molar-refractivity contribution in [2.24, 2.45) is 12.5 Å². The third-order valence-electron chi connectivity index (χ3n) is 3.63. The van der Waals surface area contributed by atoms with Gasteiger partial charge in [-0.1, -0.05) is 27.7 Å². The highest BCUT2D eigenvalue weighted by Gasteiger charge is 2.23. The van der Waals surface area contributed by atoms with Gasteiger partial charge in [0.15, 0.2) is 0 Å². The molecule has 19 heavy (non-hydrogen) atoms. The Morgan fingerprint density at radius 1 is 1.42 bits per heavy atom. The Kier molecular flexibility index (Phi) is 6.01. The van der Waals surface area contributed by atoms with Gasteiger partial charge >= 0.3 is 0 Å². The van der Waals surface area contributed by atoms with Crippen LogP contribution in [0.3, 0.4) is 0 Å². The molecule has 0 aliphatic carbocycles. The zero-order valence-corrected chi connectivity index (χ0v) is 13.4. The van der Waals surface area contributed by atoms with Crippen molar-refractivity contribution in [2.75, 3.05) is 20.1 Å². The molecule has 0 radical (unpaired) electrons. The summed E-state index contributed by atoms with van der Waals surface area (Å²) in [6.45, 7) is 12.1. The van der Waals surface area contributed by atoms with Gasteiger partial charge in [-0.25, -0.2) is 4.98 Å². The first-order valence-electron chi connectivity index (χ1n) is 7.22. The monoisotopic (exact) mass is 266 g/mol. The van der Waals surface area contributed by atoms with E-state index in [9.17, 15) is 0 Å². The molecule has 4 heteroatoms. The zero-order valence-electron chi connectivity index (χ0n) is 13.4. The molecule has 0 aliphatic rings. The van der Waals surface area contributed by atoms with Crippen LogP contribution in [0, 0.1) is 5.41 Å². The van der Waals surface area contributed by atoms with Gasteiger partial charge in [-0.15, -0.1) is 0 Å². The van der Waals surface area contributed by atoms with Gasteiger partial charge in [0.1, 0.15) is 5.82 Å². The maximum atomic E-state index is 4.37. The van der Waals surface area contributed by atoms with Crippen molar-refractivity contribution in [3.05, 3.63) is 18.2 Å². The van der Waals surface area contributed by atoms with E-state index in [0.29, 0.717) is 11.5 Å². The third kappa shape index (κ3) is 5.33. The molecule has 1 unspecified atom stereocenters. The van der Waals surface area contributed by atoms with Crippen LogP contribution in [0.15, 0.2) is 12.4 Å². The maximum Gasteiger partial charge on any atom is 0.122 e. The molecular weight excluding hydrogens is 236 g/mol. The number of nitrogens with zero attached hydrogens (tertiary/aromatic N) is 3. The van der Waals surface area contributed by atoms with Crippen molar-refractivity contribution in [3.63, 3.8) is 0 Å². The Bertz CT molecular complexity index is 364. The number of imidazole rings is 1. The predicted molar refractivity (Wildman–Crippen MR) is 81.1 cm³/mol. The van der Waals surface area contributed by atoms with Crippen molar-refractivity contribution in [3.8, 4) is 0 Å². The molecule has 0 saturated carbocycles. The van der Waals surface area contributed by atoms with E-state index < -0.39 is 0 Å². The number of aryl methyl sites for hydroxylation is 1. The lowest BCUT2D eigenvalue weighted by atomic mass is 9.84. The number of nitrogens with one attached hydrogen (secondary N) is 1. The van der Waals surface area contributed by atoms with E-state index in [0.717, 1.165) is 31.9 Å². The van der Waals surface area contributed by atoms with Gasteiger partial charge < -0.3 is 9.88 Å². The molecule has 1 rings (SSSR count). The van der Waals surface area contributed by atoms with Crippen molar-refractivity contribution >= 4 is 0 Å². The molecule has 0 fully saturated rings. The molecule has 1 N–H and O–H groups in total. The minimum absolute atomic E-state index is 0.306. The van der Waals surface area contributed by atoms with Crippen molar-refractivity contribution in [1.29, 1.82) is 0 Å². The Morgan fingerprint density at radius 2 is 2.11 bits per heavy atom. The van der Waals surface area contributed by atoms with Crippen molar-refractivity contribution in [2.45, 2.75) is 46.7 Å². The molecule has 0 amide bonds. The van der Waals surface area contributed by atoms with Crippen LogP contribution in [0.1, 0.15) is 39.9 Å². The van der Waals surface area contributed by atoms with Crippen LogP contribution in [0.25, 0.3) is 0 Å². The summed E-state index contributed by atoms with van der Waals surface area (Å²) in [5.74, 6) is 1.12. The molecular formula is C15H30N4. The summed E-state index contributed by atoms with van der Waals surface area (Å²) in [4.78, 5) is 6.72. The largest absolute Gasteiger partial charge is 0.337 e. The fourth-order valence-corrected chi connectivity index (χ4v) is 2.31. The van der Waals surface area contributed by atoms with Crippen LogP contribution in [0.4, 0.5) is 0 Å². The highest BCUT2D eigenvalue weighted by molar-refractivity contribution is 4.91. The SMILES string of the molecule is CCNC(CCN(C)Cc1nccn1C)C(C)(C)C. The quantitative estimate of drug-likeness (QED) is 0.822. The lowest BCUT2D eigenvalue weighted by molar-refractivity contribution is 0.218. The molecule has 4 nitrogen and oxygen atoms in total. The van der Waals surface area contributed by atoms with E-state index in [1.54, 1.807) is 0 Å². The molecule has 0 aromatic carbocycles. The lowest BCUT2D eigenvalue weighted by Crippen LogP contribution is -2.42. The molecule has 1 atom stereocenters. The van der Waals surface area contributed by atoms with Gasteiger partial charge in [-0.3, -0.25) is 4.90 Å². The summed E-state index contributed by atoms with van der Waals surface area (Å²) in [7, 11) is 4.22. The summed E-state index contributed by atoms with van der Waals surface area (Å²) < 4.78 is 2.09. The van der Waals surface area contributed by atoms with Crippen molar-refractivity contribution < 1.29 is 0 Å². The molecule has 1 aromatic rings.